The van der Waals surface area contributed by atoms with Crippen LogP contribution in [0.4, 0.5) is 0 Å². The molecule has 0 radical (unpaired) electrons. The molecule has 0 aromatic heterocycles. The summed E-state index contributed by atoms with van der Waals surface area (Å²) in [7, 11) is 0. The van der Waals surface area contributed by atoms with E-state index in [1.807, 2.05) is 56.3 Å². The average Bonchev–Trinajstić information content (AvgIpc) is 2.61. The van der Waals surface area contributed by atoms with Crippen LogP contribution in [0.25, 0.3) is 0 Å². The highest BCUT2D eigenvalue weighted by molar-refractivity contribution is 5.80. The van der Waals surface area contributed by atoms with E-state index in [4.69, 9.17) is 14.2 Å². The van der Waals surface area contributed by atoms with E-state index < -0.39 is 6.10 Å². The van der Waals surface area contributed by atoms with Gasteiger partial charge in [-0.05, 0) is 44.5 Å². The van der Waals surface area contributed by atoms with Crippen LogP contribution < -0.4 is 19.5 Å². The van der Waals surface area contributed by atoms with Crippen LogP contribution in [-0.4, -0.2) is 31.3 Å². The molecule has 5 nitrogen and oxygen atoms in total. The van der Waals surface area contributed by atoms with Crippen molar-refractivity contribution < 1.29 is 19.0 Å². The van der Waals surface area contributed by atoms with Crippen LogP contribution in [-0.2, 0) is 4.79 Å². The molecule has 1 N–H and O–H groups in total. The molecule has 25 heavy (non-hydrogen) atoms. The molecule has 0 aliphatic carbocycles. The third kappa shape index (κ3) is 4.24. The molecular weight excluding hydrogens is 318 g/mol. The smallest absolute Gasteiger partial charge is 0.260 e. The van der Waals surface area contributed by atoms with Crippen LogP contribution in [0.3, 0.4) is 0 Å². The Bertz CT molecular complexity index is 759. The number of hydrogen-bond donors (Lipinski definition) is 1. The lowest BCUT2D eigenvalue weighted by Gasteiger charge is -2.27. The number of fused-ring (bicyclic) bond motifs is 1. The molecule has 2 unspecified atom stereocenters. The molecular formula is C20H23NO4. The predicted molar refractivity (Wildman–Crippen MR) is 95.4 cm³/mol. The van der Waals surface area contributed by atoms with Gasteiger partial charge < -0.3 is 19.5 Å². The summed E-state index contributed by atoms with van der Waals surface area (Å²) in [6.45, 7) is 6.51. The number of carbonyl (C=O) groups excluding carboxylic acids is 1. The van der Waals surface area contributed by atoms with Crippen LogP contribution in [0, 0.1) is 13.8 Å². The first kappa shape index (κ1) is 17.1. The highest BCUT2D eigenvalue weighted by atomic mass is 16.6. The van der Waals surface area contributed by atoms with Gasteiger partial charge in [-0.2, -0.15) is 0 Å². The fourth-order valence-corrected chi connectivity index (χ4v) is 2.70. The van der Waals surface area contributed by atoms with Crippen molar-refractivity contribution in [1.82, 2.24) is 5.32 Å². The fraction of sp³-hybridized carbons (Fsp3) is 0.350. The highest BCUT2D eigenvalue weighted by Crippen LogP contribution is 2.30. The quantitative estimate of drug-likeness (QED) is 0.908. The molecule has 3 rings (SSSR count). The Labute approximate surface area is 147 Å². The number of ether oxygens (including phenoxy) is 3. The monoisotopic (exact) mass is 341 g/mol. The molecule has 0 saturated carbocycles. The summed E-state index contributed by atoms with van der Waals surface area (Å²) in [6, 6.07) is 13.4. The van der Waals surface area contributed by atoms with Gasteiger partial charge in [0.2, 0.25) is 0 Å². The Morgan fingerprint density at radius 2 is 2.00 bits per heavy atom. The standard InChI is InChI=1S/C20H23NO4/c1-13-8-9-17(14(2)10-13)24-15(3)20(22)21-11-16-12-23-18-6-4-5-7-19(18)25-16/h4-10,15-16H,11-12H2,1-3H3,(H,21,22). The SMILES string of the molecule is Cc1ccc(OC(C)C(=O)NCC2COc3ccccc3O2)c(C)c1. The summed E-state index contributed by atoms with van der Waals surface area (Å²) in [5, 5.41) is 2.87. The minimum Gasteiger partial charge on any atom is -0.486 e. The van der Waals surface area contributed by atoms with Gasteiger partial charge in [0.05, 0.1) is 6.54 Å². The van der Waals surface area contributed by atoms with Gasteiger partial charge in [0.25, 0.3) is 5.91 Å². The van der Waals surface area contributed by atoms with Crippen LogP contribution in [0.1, 0.15) is 18.1 Å². The minimum absolute atomic E-state index is 0.178. The zero-order chi connectivity index (χ0) is 17.8. The van der Waals surface area contributed by atoms with E-state index in [0.29, 0.717) is 18.9 Å². The van der Waals surface area contributed by atoms with Gasteiger partial charge in [-0.15, -0.1) is 0 Å². The number of para-hydroxylation sites is 2. The van der Waals surface area contributed by atoms with Crippen molar-refractivity contribution in [3.05, 3.63) is 53.6 Å². The zero-order valence-corrected chi connectivity index (χ0v) is 14.7. The summed E-state index contributed by atoms with van der Waals surface area (Å²) < 4.78 is 17.2. The largest absolute Gasteiger partial charge is 0.486 e. The number of hydrogen-bond acceptors (Lipinski definition) is 4. The molecule has 0 saturated heterocycles. The second-order valence-electron chi connectivity index (χ2n) is 6.27. The van der Waals surface area contributed by atoms with Crippen molar-refractivity contribution in [2.45, 2.75) is 33.0 Å². The van der Waals surface area contributed by atoms with Gasteiger partial charge in [0, 0.05) is 0 Å². The number of aryl methyl sites for hydroxylation is 2. The molecule has 1 aliphatic rings. The van der Waals surface area contributed by atoms with E-state index in [0.717, 1.165) is 22.6 Å². The maximum absolute atomic E-state index is 12.3. The third-order valence-electron chi connectivity index (χ3n) is 4.07. The average molecular weight is 341 g/mol. The second-order valence-corrected chi connectivity index (χ2v) is 6.27. The molecule has 0 bridgehead atoms. The number of benzene rings is 2. The van der Waals surface area contributed by atoms with Crippen molar-refractivity contribution in [2.75, 3.05) is 13.2 Å². The molecule has 132 valence electrons. The van der Waals surface area contributed by atoms with Gasteiger partial charge in [-0.25, -0.2) is 0 Å². The van der Waals surface area contributed by atoms with Crippen LogP contribution in [0.2, 0.25) is 0 Å². The summed E-state index contributed by atoms with van der Waals surface area (Å²) in [4.78, 5) is 12.3. The zero-order valence-electron chi connectivity index (χ0n) is 14.7. The first-order valence-corrected chi connectivity index (χ1v) is 8.43. The van der Waals surface area contributed by atoms with E-state index in [2.05, 4.69) is 5.32 Å². The van der Waals surface area contributed by atoms with Crippen molar-refractivity contribution in [2.24, 2.45) is 0 Å². The van der Waals surface area contributed by atoms with Gasteiger partial charge >= 0.3 is 0 Å². The van der Waals surface area contributed by atoms with Crippen molar-refractivity contribution in [1.29, 1.82) is 0 Å². The molecule has 1 aliphatic heterocycles. The molecule has 2 aromatic carbocycles. The Kier molecular flexibility index (Phi) is 5.12. The topological polar surface area (TPSA) is 56.8 Å². The van der Waals surface area contributed by atoms with E-state index in [1.165, 1.54) is 0 Å². The van der Waals surface area contributed by atoms with Crippen molar-refractivity contribution in [3.63, 3.8) is 0 Å². The van der Waals surface area contributed by atoms with E-state index in [-0.39, 0.29) is 12.0 Å². The summed E-state index contributed by atoms with van der Waals surface area (Å²) in [6.07, 6.45) is -0.801. The van der Waals surface area contributed by atoms with Gasteiger partial charge in [-0.1, -0.05) is 29.8 Å². The maximum Gasteiger partial charge on any atom is 0.260 e. The lowest BCUT2D eigenvalue weighted by molar-refractivity contribution is -0.127. The Hall–Kier alpha value is -2.69. The van der Waals surface area contributed by atoms with Gasteiger partial charge in [-0.3, -0.25) is 4.79 Å². The van der Waals surface area contributed by atoms with E-state index in [9.17, 15) is 4.79 Å². The summed E-state index contributed by atoms with van der Waals surface area (Å²) in [5.74, 6) is 1.98. The number of carbonyl (C=O) groups is 1. The Balaban J connectivity index is 1.51. The maximum atomic E-state index is 12.3. The molecule has 5 heteroatoms. The lowest BCUT2D eigenvalue weighted by atomic mass is 10.1. The van der Waals surface area contributed by atoms with Gasteiger partial charge in [0.1, 0.15) is 18.5 Å². The summed E-state index contributed by atoms with van der Waals surface area (Å²) in [5.41, 5.74) is 2.18. The van der Waals surface area contributed by atoms with Crippen LogP contribution in [0.5, 0.6) is 17.2 Å². The molecule has 1 amide bonds. The van der Waals surface area contributed by atoms with Crippen LogP contribution in [0.15, 0.2) is 42.5 Å². The number of rotatable bonds is 5. The molecule has 2 atom stereocenters. The Morgan fingerprint density at radius 1 is 1.24 bits per heavy atom. The predicted octanol–water partition coefficient (Wildman–Crippen LogP) is 3.03. The molecule has 2 aromatic rings. The first-order valence-electron chi connectivity index (χ1n) is 8.43. The fourth-order valence-electron chi connectivity index (χ4n) is 2.70. The molecule has 0 fully saturated rings. The number of amides is 1. The Morgan fingerprint density at radius 3 is 2.76 bits per heavy atom. The van der Waals surface area contributed by atoms with Gasteiger partial charge in [0.15, 0.2) is 17.6 Å². The highest BCUT2D eigenvalue weighted by Gasteiger charge is 2.23. The van der Waals surface area contributed by atoms with Crippen LogP contribution >= 0.6 is 0 Å². The normalized spacial score (nSPS) is 16.8. The lowest BCUT2D eigenvalue weighted by Crippen LogP contribution is -2.44. The van der Waals surface area contributed by atoms with E-state index >= 15 is 0 Å². The van der Waals surface area contributed by atoms with Crippen molar-refractivity contribution >= 4 is 5.91 Å². The summed E-state index contributed by atoms with van der Waals surface area (Å²) >= 11 is 0. The molecule has 0 spiro atoms. The second kappa shape index (κ2) is 7.47. The first-order chi connectivity index (χ1) is 12.0. The number of nitrogens with one attached hydrogen (secondary N) is 1. The molecule has 1 heterocycles. The van der Waals surface area contributed by atoms with E-state index in [1.54, 1.807) is 6.92 Å². The minimum atomic E-state index is -0.585. The van der Waals surface area contributed by atoms with Crippen molar-refractivity contribution in [3.8, 4) is 17.2 Å². The third-order valence-corrected chi connectivity index (χ3v) is 4.07.